The minimum Gasteiger partial charge on any atom is -0.461 e. The van der Waals surface area contributed by atoms with E-state index in [0.717, 1.165) is 11.3 Å². The second-order valence-corrected chi connectivity index (χ2v) is 4.86. The number of carbonyl (C=O) groups excluding carboxylic acids is 1. The number of ether oxygens (including phenoxy) is 1. The maximum Gasteiger partial charge on any atom is 0.359 e. The van der Waals surface area contributed by atoms with E-state index in [1.807, 2.05) is 24.3 Å². The van der Waals surface area contributed by atoms with Gasteiger partial charge in [0.15, 0.2) is 11.3 Å². The molecule has 6 nitrogen and oxygen atoms in total. The van der Waals surface area contributed by atoms with E-state index >= 15 is 0 Å². The molecule has 0 N–H and O–H groups in total. The van der Waals surface area contributed by atoms with Crippen LogP contribution in [-0.2, 0) is 11.2 Å². The summed E-state index contributed by atoms with van der Waals surface area (Å²) in [7, 11) is 0. The molecule has 23 heavy (non-hydrogen) atoms. The van der Waals surface area contributed by atoms with E-state index in [0.29, 0.717) is 17.5 Å². The number of rotatable bonds is 4. The Morgan fingerprint density at radius 1 is 1.30 bits per heavy atom. The molecule has 0 atom stereocenters. The second kappa shape index (κ2) is 6.28. The second-order valence-electron chi connectivity index (χ2n) is 4.86. The highest BCUT2D eigenvalue weighted by Crippen LogP contribution is 2.21. The molecule has 0 amide bonds. The molecule has 0 saturated carbocycles. The van der Waals surface area contributed by atoms with Crippen LogP contribution in [0.2, 0.25) is 0 Å². The maximum absolute atomic E-state index is 12.1. The topological polar surface area (TPSA) is 80.8 Å². The highest BCUT2D eigenvalue weighted by atomic mass is 16.5. The fourth-order valence-electron chi connectivity index (χ4n) is 2.33. The number of benzene rings is 1. The summed E-state index contributed by atoms with van der Waals surface area (Å²) in [5.74, 6) is -0.467. The SMILES string of the molecule is CCOC(=O)c1nn(-c2ccc(CC#N)cc2)c2ncccc12. The Bertz CT molecular complexity index is 891. The Labute approximate surface area is 132 Å². The van der Waals surface area contributed by atoms with Gasteiger partial charge in [0.05, 0.1) is 30.2 Å². The monoisotopic (exact) mass is 306 g/mol. The van der Waals surface area contributed by atoms with Crippen LogP contribution in [0.3, 0.4) is 0 Å². The van der Waals surface area contributed by atoms with E-state index in [4.69, 9.17) is 10.00 Å². The van der Waals surface area contributed by atoms with Gasteiger partial charge in [-0.2, -0.15) is 10.4 Å². The Kier molecular flexibility index (Phi) is 4.02. The van der Waals surface area contributed by atoms with Crippen molar-refractivity contribution in [2.24, 2.45) is 0 Å². The molecule has 0 bridgehead atoms. The van der Waals surface area contributed by atoms with Crippen molar-refractivity contribution in [3.63, 3.8) is 0 Å². The number of hydrogen-bond donors (Lipinski definition) is 0. The molecular weight excluding hydrogens is 292 g/mol. The molecule has 0 fully saturated rings. The highest BCUT2D eigenvalue weighted by molar-refractivity contribution is 6.01. The van der Waals surface area contributed by atoms with Gasteiger partial charge in [-0.25, -0.2) is 14.5 Å². The van der Waals surface area contributed by atoms with Crippen molar-refractivity contribution >= 4 is 17.0 Å². The molecular formula is C17H14N4O2. The van der Waals surface area contributed by atoms with Crippen molar-refractivity contribution in [3.8, 4) is 11.8 Å². The van der Waals surface area contributed by atoms with Crippen molar-refractivity contribution in [3.05, 3.63) is 53.9 Å². The van der Waals surface area contributed by atoms with Gasteiger partial charge in [-0.3, -0.25) is 0 Å². The van der Waals surface area contributed by atoms with E-state index < -0.39 is 5.97 Å². The summed E-state index contributed by atoms with van der Waals surface area (Å²) in [5.41, 5.74) is 2.52. The summed E-state index contributed by atoms with van der Waals surface area (Å²) in [5, 5.41) is 13.7. The summed E-state index contributed by atoms with van der Waals surface area (Å²) < 4.78 is 6.67. The third-order valence-electron chi connectivity index (χ3n) is 3.38. The highest BCUT2D eigenvalue weighted by Gasteiger charge is 2.19. The summed E-state index contributed by atoms with van der Waals surface area (Å²) in [6.45, 7) is 2.04. The number of pyridine rings is 1. The first-order valence-electron chi connectivity index (χ1n) is 7.21. The first-order valence-corrected chi connectivity index (χ1v) is 7.21. The summed E-state index contributed by atoms with van der Waals surface area (Å²) in [6, 6.07) is 13.1. The number of nitrogens with zero attached hydrogens (tertiary/aromatic N) is 4. The molecule has 3 rings (SSSR count). The Hall–Kier alpha value is -3.20. The zero-order chi connectivity index (χ0) is 16.2. The van der Waals surface area contributed by atoms with Gasteiger partial charge in [-0.1, -0.05) is 12.1 Å². The smallest absolute Gasteiger partial charge is 0.359 e. The number of hydrogen-bond acceptors (Lipinski definition) is 5. The molecule has 2 aromatic heterocycles. The number of nitriles is 1. The van der Waals surface area contributed by atoms with Gasteiger partial charge in [0.1, 0.15) is 0 Å². The van der Waals surface area contributed by atoms with E-state index in [1.54, 1.807) is 29.9 Å². The molecule has 0 radical (unpaired) electrons. The normalized spacial score (nSPS) is 10.4. The van der Waals surface area contributed by atoms with Gasteiger partial charge < -0.3 is 4.74 Å². The Balaban J connectivity index is 2.10. The lowest BCUT2D eigenvalue weighted by Crippen LogP contribution is -2.07. The van der Waals surface area contributed by atoms with E-state index in [9.17, 15) is 4.79 Å². The van der Waals surface area contributed by atoms with Crippen LogP contribution in [0.5, 0.6) is 0 Å². The first kappa shape index (κ1) is 14.7. The molecule has 3 aromatic rings. The maximum atomic E-state index is 12.1. The zero-order valence-electron chi connectivity index (χ0n) is 12.6. The quantitative estimate of drug-likeness (QED) is 0.692. The standard InChI is InChI=1S/C17H14N4O2/c1-2-23-17(22)15-14-4-3-11-19-16(14)21(20-15)13-7-5-12(6-8-13)9-10-18/h3-8,11H,2,9H2,1H3. The van der Waals surface area contributed by atoms with Gasteiger partial charge >= 0.3 is 5.97 Å². The van der Waals surface area contributed by atoms with Crippen LogP contribution in [0, 0.1) is 11.3 Å². The third-order valence-corrected chi connectivity index (χ3v) is 3.38. The van der Waals surface area contributed by atoms with Crippen molar-refractivity contribution in [2.75, 3.05) is 6.61 Å². The lowest BCUT2D eigenvalue weighted by molar-refractivity contribution is 0.0521. The van der Waals surface area contributed by atoms with Crippen molar-refractivity contribution < 1.29 is 9.53 Å². The molecule has 2 heterocycles. The molecule has 0 saturated heterocycles. The van der Waals surface area contributed by atoms with E-state index in [1.165, 1.54) is 0 Å². The van der Waals surface area contributed by atoms with Crippen LogP contribution in [0.4, 0.5) is 0 Å². The average molecular weight is 306 g/mol. The molecule has 6 heteroatoms. The number of carbonyl (C=O) groups is 1. The van der Waals surface area contributed by atoms with Crippen molar-refractivity contribution in [2.45, 2.75) is 13.3 Å². The Morgan fingerprint density at radius 3 is 2.78 bits per heavy atom. The van der Waals surface area contributed by atoms with Crippen LogP contribution < -0.4 is 0 Å². The van der Waals surface area contributed by atoms with E-state index in [-0.39, 0.29) is 12.3 Å². The Morgan fingerprint density at radius 2 is 2.09 bits per heavy atom. The molecule has 0 aliphatic rings. The van der Waals surface area contributed by atoms with Gasteiger partial charge in [-0.05, 0) is 36.8 Å². The summed E-state index contributed by atoms with van der Waals surface area (Å²) in [6.07, 6.45) is 2.01. The van der Waals surface area contributed by atoms with Crippen LogP contribution >= 0.6 is 0 Å². The molecule has 0 unspecified atom stereocenters. The zero-order valence-corrected chi connectivity index (χ0v) is 12.6. The van der Waals surface area contributed by atoms with Gasteiger partial charge in [0.2, 0.25) is 0 Å². The number of aromatic nitrogens is 3. The van der Waals surface area contributed by atoms with Gasteiger partial charge in [-0.15, -0.1) is 0 Å². The molecule has 1 aromatic carbocycles. The minimum atomic E-state index is -0.467. The average Bonchev–Trinajstić information content (AvgIpc) is 2.96. The van der Waals surface area contributed by atoms with Crippen molar-refractivity contribution in [1.29, 1.82) is 5.26 Å². The lowest BCUT2D eigenvalue weighted by atomic mass is 10.1. The van der Waals surface area contributed by atoms with Crippen LogP contribution in [-0.4, -0.2) is 27.3 Å². The summed E-state index contributed by atoms with van der Waals surface area (Å²) >= 11 is 0. The molecule has 0 spiro atoms. The third kappa shape index (κ3) is 2.77. The largest absolute Gasteiger partial charge is 0.461 e. The van der Waals surface area contributed by atoms with Crippen LogP contribution in [0.15, 0.2) is 42.6 Å². The van der Waals surface area contributed by atoms with Gasteiger partial charge in [0.25, 0.3) is 0 Å². The molecule has 0 aliphatic heterocycles. The molecule has 0 aliphatic carbocycles. The van der Waals surface area contributed by atoms with Crippen LogP contribution in [0.1, 0.15) is 23.0 Å². The predicted octanol–water partition coefficient (Wildman–Crippen LogP) is 2.66. The van der Waals surface area contributed by atoms with Crippen LogP contribution in [0.25, 0.3) is 16.7 Å². The fourth-order valence-corrected chi connectivity index (χ4v) is 2.33. The number of esters is 1. The predicted molar refractivity (Wildman–Crippen MR) is 84.1 cm³/mol. The lowest BCUT2D eigenvalue weighted by Gasteiger charge is -2.03. The summed E-state index contributed by atoms with van der Waals surface area (Å²) in [4.78, 5) is 16.4. The number of fused-ring (bicyclic) bond motifs is 1. The first-order chi connectivity index (χ1) is 11.2. The minimum absolute atomic E-state index is 0.246. The molecule has 114 valence electrons. The van der Waals surface area contributed by atoms with E-state index in [2.05, 4.69) is 16.2 Å². The fraction of sp³-hybridized carbons (Fsp3) is 0.176. The van der Waals surface area contributed by atoms with Gasteiger partial charge in [0, 0.05) is 6.20 Å². The van der Waals surface area contributed by atoms with Crippen molar-refractivity contribution in [1.82, 2.24) is 14.8 Å².